The molecule has 1 aliphatic heterocycles. The molecule has 1 aliphatic rings. The van der Waals surface area contributed by atoms with E-state index in [4.69, 9.17) is 0 Å². The Bertz CT molecular complexity index is 795. The second-order valence-corrected chi connectivity index (χ2v) is 6.29. The van der Waals surface area contributed by atoms with Gasteiger partial charge in [0, 0.05) is 38.9 Å². The van der Waals surface area contributed by atoms with E-state index in [2.05, 4.69) is 81.0 Å². The summed E-state index contributed by atoms with van der Waals surface area (Å²) in [7, 11) is 2.08. The van der Waals surface area contributed by atoms with E-state index < -0.39 is 0 Å². The van der Waals surface area contributed by atoms with E-state index in [0.717, 1.165) is 37.8 Å². The van der Waals surface area contributed by atoms with Crippen molar-refractivity contribution in [3.8, 4) is 0 Å². The minimum atomic E-state index is 0.949. The van der Waals surface area contributed by atoms with Crippen LogP contribution in [0.2, 0.25) is 0 Å². The summed E-state index contributed by atoms with van der Waals surface area (Å²) in [6.07, 6.45) is 2.02. The van der Waals surface area contributed by atoms with Gasteiger partial charge in [0.25, 0.3) is 0 Å². The Hall–Kier alpha value is -2.59. The predicted octanol–water partition coefficient (Wildman–Crippen LogP) is 3.67. The zero-order valence-corrected chi connectivity index (χ0v) is 14.0. The summed E-state index contributed by atoms with van der Waals surface area (Å²) in [6, 6.07) is 21.1. The number of nitrogens with zero attached hydrogens (tertiary/aromatic N) is 4. The minimum Gasteiger partial charge on any atom is -0.315 e. The van der Waals surface area contributed by atoms with Crippen LogP contribution in [0.1, 0.15) is 11.3 Å². The number of hydrogen-bond donors (Lipinski definition) is 0. The van der Waals surface area contributed by atoms with Gasteiger partial charge in [0.15, 0.2) is 0 Å². The summed E-state index contributed by atoms with van der Waals surface area (Å²) in [5, 5.41) is 0. The molecule has 0 aliphatic carbocycles. The van der Waals surface area contributed by atoms with Crippen molar-refractivity contribution < 1.29 is 0 Å². The standard InChI is InChI=1S/C20H22N4/c1-22(18-10-6-3-7-11-18)20-21-14-19-16-23(12-13-24(19)20)15-17-8-4-2-5-9-17/h2-11,14H,12-13,15-16H2,1H3. The fraction of sp³-hybridized carbons (Fsp3) is 0.250. The van der Waals surface area contributed by atoms with E-state index >= 15 is 0 Å². The van der Waals surface area contributed by atoms with Crippen molar-refractivity contribution in [1.82, 2.24) is 14.5 Å². The van der Waals surface area contributed by atoms with Crippen LogP contribution in [0, 0.1) is 0 Å². The molecule has 0 unspecified atom stereocenters. The maximum atomic E-state index is 4.68. The number of para-hydroxylation sites is 1. The number of anilines is 2. The van der Waals surface area contributed by atoms with Crippen molar-refractivity contribution in [1.29, 1.82) is 0 Å². The number of hydrogen-bond acceptors (Lipinski definition) is 3. The van der Waals surface area contributed by atoms with Gasteiger partial charge in [-0.3, -0.25) is 4.90 Å². The van der Waals surface area contributed by atoms with Crippen molar-refractivity contribution in [3.05, 3.63) is 78.1 Å². The number of fused-ring (bicyclic) bond motifs is 1. The highest BCUT2D eigenvalue weighted by atomic mass is 15.3. The maximum absolute atomic E-state index is 4.68. The molecular weight excluding hydrogens is 296 g/mol. The van der Waals surface area contributed by atoms with Gasteiger partial charge >= 0.3 is 0 Å². The van der Waals surface area contributed by atoms with Gasteiger partial charge in [0.2, 0.25) is 5.95 Å². The van der Waals surface area contributed by atoms with Gasteiger partial charge < -0.3 is 9.47 Å². The highest BCUT2D eigenvalue weighted by Crippen LogP contribution is 2.26. The molecule has 1 aromatic heterocycles. The minimum absolute atomic E-state index is 0.949. The van der Waals surface area contributed by atoms with Crippen LogP contribution in [0.5, 0.6) is 0 Å². The number of aromatic nitrogens is 2. The third-order valence-electron chi connectivity index (χ3n) is 4.64. The summed E-state index contributed by atoms with van der Waals surface area (Å²) < 4.78 is 2.34. The third kappa shape index (κ3) is 2.93. The van der Waals surface area contributed by atoms with E-state index in [1.807, 2.05) is 12.3 Å². The van der Waals surface area contributed by atoms with Crippen LogP contribution in [0.3, 0.4) is 0 Å². The van der Waals surface area contributed by atoms with Gasteiger partial charge in [-0.15, -0.1) is 0 Å². The van der Waals surface area contributed by atoms with Gasteiger partial charge in [-0.1, -0.05) is 48.5 Å². The first kappa shape index (κ1) is 15.0. The largest absolute Gasteiger partial charge is 0.315 e. The summed E-state index contributed by atoms with van der Waals surface area (Å²) in [5.74, 6) is 1.02. The molecule has 122 valence electrons. The maximum Gasteiger partial charge on any atom is 0.210 e. The molecule has 0 saturated carbocycles. The van der Waals surface area contributed by atoms with Crippen molar-refractivity contribution in [3.63, 3.8) is 0 Å². The molecular formula is C20H22N4. The Morgan fingerprint density at radius 2 is 1.67 bits per heavy atom. The number of imidazole rings is 1. The van der Waals surface area contributed by atoms with Gasteiger partial charge in [0.05, 0.1) is 11.9 Å². The normalized spacial score (nSPS) is 14.4. The summed E-state index contributed by atoms with van der Waals surface area (Å²) in [4.78, 5) is 9.33. The molecule has 0 amide bonds. The SMILES string of the molecule is CN(c1ccccc1)c1ncc2n1CCN(Cc1ccccc1)C2. The molecule has 4 heteroatoms. The first-order valence-electron chi connectivity index (χ1n) is 8.41. The molecule has 0 atom stereocenters. The molecule has 2 heterocycles. The number of benzene rings is 2. The predicted molar refractivity (Wildman–Crippen MR) is 97.3 cm³/mol. The molecule has 4 rings (SSSR count). The van der Waals surface area contributed by atoms with Crippen LogP contribution in [0.4, 0.5) is 11.6 Å². The Labute approximate surface area is 143 Å². The van der Waals surface area contributed by atoms with Crippen LogP contribution in [0.25, 0.3) is 0 Å². The van der Waals surface area contributed by atoms with Crippen LogP contribution >= 0.6 is 0 Å². The molecule has 3 aromatic rings. The lowest BCUT2D eigenvalue weighted by Gasteiger charge is -2.30. The Morgan fingerprint density at radius 3 is 2.42 bits per heavy atom. The average molecular weight is 318 g/mol. The third-order valence-corrected chi connectivity index (χ3v) is 4.64. The molecule has 24 heavy (non-hydrogen) atoms. The lowest BCUT2D eigenvalue weighted by atomic mass is 10.2. The van der Waals surface area contributed by atoms with Crippen molar-refractivity contribution in [2.75, 3.05) is 18.5 Å². The van der Waals surface area contributed by atoms with Crippen molar-refractivity contribution in [2.24, 2.45) is 0 Å². The van der Waals surface area contributed by atoms with E-state index in [0.29, 0.717) is 0 Å². The van der Waals surface area contributed by atoms with E-state index in [9.17, 15) is 0 Å². The molecule has 0 radical (unpaired) electrons. The molecule has 0 spiro atoms. The summed E-state index contributed by atoms with van der Waals surface area (Å²) >= 11 is 0. The summed E-state index contributed by atoms with van der Waals surface area (Å²) in [6.45, 7) is 3.98. The summed E-state index contributed by atoms with van der Waals surface area (Å²) in [5.41, 5.74) is 3.82. The fourth-order valence-corrected chi connectivity index (χ4v) is 3.33. The van der Waals surface area contributed by atoms with Gasteiger partial charge in [-0.05, 0) is 17.7 Å². The van der Waals surface area contributed by atoms with Gasteiger partial charge in [-0.25, -0.2) is 4.98 Å². The molecule has 0 N–H and O–H groups in total. The van der Waals surface area contributed by atoms with Crippen LogP contribution in [-0.4, -0.2) is 28.0 Å². The van der Waals surface area contributed by atoms with Crippen LogP contribution in [-0.2, 0) is 19.6 Å². The fourth-order valence-electron chi connectivity index (χ4n) is 3.33. The quantitative estimate of drug-likeness (QED) is 0.733. The Balaban J connectivity index is 1.51. The first-order chi connectivity index (χ1) is 11.8. The van der Waals surface area contributed by atoms with Crippen molar-refractivity contribution >= 4 is 11.6 Å². The molecule has 0 bridgehead atoms. The number of rotatable bonds is 4. The average Bonchev–Trinajstić information content (AvgIpc) is 3.06. The van der Waals surface area contributed by atoms with Gasteiger partial charge in [-0.2, -0.15) is 0 Å². The molecule has 4 nitrogen and oxygen atoms in total. The molecule has 0 saturated heterocycles. The second-order valence-electron chi connectivity index (χ2n) is 6.29. The Kier molecular flexibility index (Phi) is 4.05. The monoisotopic (exact) mass is 318 g/mol. The smallest absolute Gasteiger partial charge is 0.210 e. The Morgan fingerprint density at radius 1 is 0.958 bits per heavy atom. The zero-order chi connectivity index (χ0) is 16.4. The zero-order valence-electron chi connectivity index (χ0n) is 14.0. The van der Waals surface area contributed by atoms with E-state index in [-0.39, 0.29) is 0 Å². The van der Waals surface area contributed by atoms with Crippen molar-refractivity contribution in [2.45, 2.75) is 19.6 Å². The van der Waals surface area contributed by atoms with Gasteiger partial charge in [0.1, 0.15) is 0 Å². The van der Waals surface area contributed by atoms with Crippen LogP contribution < -0.4 is 4.90 Å². The highest BCUT2D eigenvalue weighted by molar-refractivity contribution is 5.56. The van der Waals surface area contributed by atoms with E-state index in [1.165, 1.54) is 11.3 Å². The lowest BCUT2D eigenvalue weighted by molar-refractivity contribution is 0.213. The molecule has 2 aromatic carbocycles. The highest BCUT2D eigenvalue weighted by Gasteiger charge is 2.21. The lowest BCUT2D eigenvalue weighted by Crippen LogP contribution is -2.34. The molecule has 0 fully saturated rings. The van der Waals surface area contributed by atoms with Crippen LogP contribution in [0.15, 0.2) is 66.9 Å². The first-order valence-corrected chi connectivity index (χ1v) is 8.41. The second kappa shape index (κ2) is 6.49. The van der Waals surface area contributed by atoms with E-state index in [1.54, 1.807) is 0 Å². The topological polar surface area (TPSA) is 24.3 Å².